The van der Waals surface area contributed by atoms with Gasteiger partial charge in [0, 0.05) is 17.0 Å². The molecule has 0 radical (unpaired) electrons. The molecule has 0 amide bonds. The lowest BCUT2D eigenvalue weighted by molar-refractivity contribution is 0.0522. The van der Waals surface area contributed by atoms with E-state index in [-0.39, 0.29) is 5.97 Å². The molecule has 2 N–H and O–H groups in total. The zero-order chi connectivity index (χ0) is 14.5. The predicted molar refractivity (Wildman–Crippen MR) is 80.2 cm³/mol. The molecule has 20 heavy (non-hydrogen) atoms. The number of nitrogen functional groups attached to an aromatic ring is 1. The number of aryl methyl sites for hydroxylation is 1. The molecule has 1 aromatic heterocycles. The van der Waals surface area contributed by atoms with Crippen LogP contribution in [0.25, 0.3) is 0 Å². The maximum atomic E-state index is 11.9. The second kappa shape index (κ2) is 6.71. The van der Waals surface area contributed by atoms with E-state index >= 15 is 0 Å². The number of nitrogens with two attached hydrogens (primary N) is 1. The Hall–Kier alpha value is -1.60. The van der Waals surface area contributed by atoms with Gasteiger partial charge in [0.15, 0.2) is 4.34 Å². The fourth-order valence-electron chi connectivity index (χ4n) is 1.52. The number of carbonyl (C=O) groups is 1. The van der Waals surface area contributed by atoms with Crippen molar-refractivity contribution in [1.82, 2.24) is 9.36 Å². The minimum Gasteiger partial charge on any atom is -0.462 e. The van der Waals surface area contributed by atoms with E-state index in [0.717, 1.165) is 21.5 Å². The highest BCUT2D eigenvalue weighted by Crippen LogP contribution is 2.33. The summed E-state index contributed by atoms with van der Waals surface area (Å²) in [7, 11) is 0. The number of hydrogen-bond donors (Lipinski definition) is 1. The Morgan fingerprint density at radius 3 is 2.90 bits per heavy atom. The van der Waals surface area contributed by atoms with Gasteiger partial charge in [0.1, 0.15) is 5.82 Å². The second-order valence-electron chi connectivity index (χ2n) is 3.91. The Bertz CT molecular complexity index is 613. The van der Waals surface area contributed by atoms with E-state index in [2.05, 4.69) is 9.36 Å². The van der Waals surface area contributed by atoms with Crippen LogP contribution in [0.5, 0.6) is 0 Å². The molecular weight excluding hydrogens is 294 g/mol. The molecule has 0 unspecified atom stereocenters. The minimum atomic E-state index is -0.373. The first-order valence-corrected chi connectivity index (χ1v) is 7.80. The number of benzene rings is 1. The van der Waals surface area contributed by atoms with Crippen LogP contribution in [-0.4, -0.2) is 21.9 Å². The highest BCUT2D eigenvalue weighted by atomic mass is 32.2. The maximum Gasteiger partial charge on any atom is 0.339 e. The van der Waals surface area contributed by atoms with Crippen molar-refractivity contribution in [3.63, 3.8) is 0 Å². The van der Waals surface area contributed by atoms with Crippen LogP contribution in [0.4, 0.5) is 5.69 Å². The van der Waals surface area contributed by atoms with Crippen LogP contribution in [0.2, 0.25) is 0 Å². The summed E-state index contributed by atoms with van der Waals surface area (Å²) >= 11 is 2.73. The zero-order valence-corrected chi connectivity index (χ0v) is 12.9. The van der Waals surface area contributed by atoms with Gasteiger partial charge < -0.3 is 10.5 Å². The normalized spacial score (nSPS) is 10.5. The van der Waals surface area contributed by atoms with Crippen molar-refractivity contribution in [2.75, 3.05) is 12.3 Å². The largest absolute Gasteiger partial charge is 0.462 e. The van der Waals surface area contributed by atoms with Gasteiger partial charge >= 0.3 is 5.97 Å². The lowest BCUT2D eigenvalue weighted by atomic mass is 10.2. The van der Waals surface area contributed by atoms with Gasteiger partial charge in [-0.25, -0.2) is 9.78 Å². The van der Waals surface area contributed by atoms with Crippen molar-refractivity contribution >= 4 is 35.0 Å². The Morgan fingerprint density at radius 2 is 2.25 bits per heavy atom. The molecule has 0 spiro atoms. The summed E-state index contributed by atoms with van der Waals surface area (Å²) in [4.78, 5) is 17.1. The van der Waals surface area contributed by atoms with E-state index in [1.54, 1.807) is 25.1 Å². The molecule has 2 aromatic rings. The molecule has 5 nitrogen and oxygen atoms in total. The van der Waals surface area contributed by atoms with Crippen LogP contribution >= 0.6 is 23.3 Å². The third-order valence-corrected chi connectivity index (χ3v) is 4.33. The van der Waals surface area contributed by atoms with Crippen LogP contribution in [0.3, 0.4) is 0 Å². The van der Waals surface area contributed by atoms with Crippen molar-refractivity contribution in [2.24, 2.45) is 0 Å². The molecule has 0 aliphatic carbocycles. The maximum absolute atomic E-state index is 11.9. The fourth-order valence-corrected chi connectivity index (χ4v) is 3.28. The molecule has 0 fully saturated rings. The number of hydrogen-bond acceptors (Lipinski definition) is 7. The van der Waals surface area contributed by atoms with Crippen molar-refractivity contribution in [3.8, 4) is 0 Å². The van der Waals surface area contributed by atoms with E-state index < -0.39 is 0 Å². The number of ether oxygens (including phenoxy) is 1. The number of esters is 1. The van der Waals surface area contributed by atoms with Gasteiger partial charge in [-0.15, -0.1) is 0 Å². The summed E-state index contributed by atoms with van der Waals surface area (Å²) in [6, 6.07) is 5.19. The SMILES string of the molecule is CCOC(=O)c1cc(N)ccc1Sc1nc(CC)ns1. The molecule has 2 rings (SSSR count). The fraction of sp³-hybridized carbons (Fsp3) is 0.308. The zero-order valence-electron chi connectivity index (χ0n) is 11.3. The van der Waals surface area contributed by atoms with Gasteiger partial charge in [-0.3, -0.25) is 0 Å². The van der Waals surface area contributed by atoms with Gasteiger partial charge in [-0.05, 0) is 36.7 Å². The Morgan fingerprint density at radius 1 is 1.45 bits per heavy atom. The van der Waals surface area contributed by atoms with E-state index in [9.17, 15) is 4.79 Å². The number of anilines is 1. The molecule has 0 saturated heterocycles. The molecule has 1 heterocycles. The predicted octanol–water partition coefficient (Wildman–Crippen LogP) is 3.01. The minimum absolute atomic E-state index is 0.330. The third kappa shape index (κ3) is 3.49. The van der Waals surface area contributed by atoms with Crippen molar-refractivity contribution in [1.29, 1.82) is 0 Å². The molecule has 0 aliphatic rings. The van der Waals surface area contributed by atoms with Crippen molar-refractivity contribution < 1.29 is 9.53 Å². The summed E-state index contributed by atoms with van der Waals surface area (Å²) in [5, 5.41) is 0. The van der Waals surface area contributed by atoms with Gasteiger partial charge in [0.2, 0.25) is 0 Å². The molecule has 106 valence electrons. The molecular formula is C13H15N3O2S2. The highest BCUT2D eigenvalue weighted by molar-refractivity contribution is 8.01. The smallest absolute Gasteiger partial charge is 0.339 e. The van der Waals surface area contributed by atoms with Crippen LogP contribution in [0.1, 0.15) is 30.0 Å². The Labute approximate surface area is 125 Å². The van der Waals surface area contributed by atoms with E-state index in [1.165, 1.54) is 23.3 Å². The summed E-state index contributed by atoms with van der Waals surface area (Å²) in [5.74, 6) is 0.438. The molecule has 0 aliphatic heterocycles. The van der Waals surface area contributed by atoms with E-state index in [4.69, 9.17) is 10.5 Å². The Kier molecular flexibility index (Phi) is 4.97. The second-order valence-corrected chi connectivity index (χ2v) is 5.95. The molecule has 1 aromatic carbocycles. The van der Waals surface area contributed by atoms with Crippen molar-refractivity contribution in [2.45, 2.75) is 29.5 Å². The Balaban J connectivity index is 2.28. The average molecular weight is 309 g/mol. The van der Waals surface area contributed by atoms with E-state index in [1.807, 2.05) is 6.92 Å². The van der Waals surface area contributed by atoms with Gasteiger partial charge in [-0.1, -0.05) is 18.7 Å². The first kappa shape index (κ1) is 14.8. The highest BCUT2D eigenvalue weighted by Gasteiger charge is 2.15. The number of aromatic nitrogens is 2. The first-order chi connectivity index (χ1) is 9.63. The summed E-state index contributed by atoms with van der Waals surface area (Å²) in [6.45, 7) is 4.11. The van der Waals surface area contributed by atoms with Crippen LogP contribution in [0.15, 0.2) is 27.4 Å². The quantitative estimate of drug-likeness (QED) is 0.675. The summed E-state index contributed by atoms with van der Waals surface area (Å²) in [5.41, 5.74) is 6.73. The van der Waals surface area contributed by atoms with Gasteiger partial charge in [-0.2, -0.15) is 4.37 Å². The van der Waals surface area contributed by atoms with Crippen molar-refractivity contribution in [3.05, 3.63) is 29.6 Å². The third-order valence-electron chi connectivity index (χ3n) is 2.46. The lowest BCUT2D eigenvalue weighted by Gasteiger charge is -2.07. The first-order valence-electron chi connectivity index (χ1n) is 6.21. The average Bonchev–Trinajstić information content (AvgIpc) is 2.89. The van der Waals surface area contributed by atoms with Crippen LogP contribution in [-0.2, 0) is 11.2 Å². The molecule has 0 bridgehead atoms. The topological polar surface area (TPSA) is 78.1 Å². The van der Waals surface area contributed by atoms with Gasteiger partial charge in [0.05, 0.1) is 12.2 Å². The summed E-state index contributed by atoms with van der Waals surface area (Å²) < 4.78 is 10.1. The summed E-state index contributed by atoms with van der Waals surface area (Å²) in [6.07, 6.45) is 0.795. The number of rotatable bonds is 5. The molecule has 7 heteroatoms. The lowest BCUT2D eigenvalue weighted by Crippen LogP contribution is -2.06. The van der Waals surface area contributed by atoms with Gasteiger partial charge in [0.25, 0.3) is 0 Å². The van der Waals surface area contributed by atoms with Crippen LogP contribution in [0, 0.1) is 0 Å². The van der Waals surface area contributed by atoms with Crippen LogP contribution < -0.4 is 5.73 Å². The monoisotopic (exact) mass is 309 g/mol. The molecule has 0 saturated carbocycles. The standard InChI is InChI=1S/C13H15N3O2S2/c1-3-11-15-13(20-16-11)19-10-6-5-8(14)7-9(10)12(17)18-4-2/h5-7H,3-4,14H2,1-2H3. The number of nitrogens with zero attached hydrogens (tertiary/aromatic N) is 2. The number of carbonyl (C=O) groups excluding carboxylic acids is 1. The van der Waals surface area contributed by atoms with E-state index in [0.29, 0.717) is 17.9 Å². The molecule has 0 atom stereocenters.